The van der Waals surface area contributed by atoms with Gasteiger partial charge in [-0.25, -0.2) is 13.2 Å². The highest BCUT2D eigenvalue weighted by atomic mass is 19.2. The summed E-state index contributed by atoms with van der Waals surface area (Å²) in [5.74, 6) is -4.73. The van der Waals surface area contributed by atoms with E-state index in [1.807, 2.05) is 0 Å². The summed E-state index contributed by atoms with van der Waals surface area (Å²) in [5, 5.41) is 2.18. The van der Waals surface area contributed by atoms with Gasteiger partial charge >= 0.3 is 0 Å². The molecule has 0 heterocycles. The van der Waals surface area contributed by atoms with Gasteiger partial charge in [0, 0.05) is 6.42 Å². The standard InChI is InChI=1S/C11H13F3N2O/c12-7-4-5-8(11(14)10(7)13)16-9(17)3-1-2-6-15/h4-5H,1-3,6,15H2,(H,16,17). The number of anilines is 1. The van der Waals surface area contributed by atoms with Gasteiger partial charge in [-0.3, -0.25) is 4.79 Å². The lowest BCUT2D eigenvalue weighted by Gasteiger charge is -2.06. The van der Waals surface area contributed by atoms with Gasteiger partial charge < -0.3 is 11.1 Å². The van der Waals surface area contributed by atoms with Crippen LogP contribution in [0.1, 0.15) is 19.3 Å². The summed E-state index contributed by atoms with van der Waals surface area (Å²) in [5.41, 5.74) is 4.89. The minimum absolute atomic E-state index is 0.162. The molecule has 0 aliphatic rings. The Labute approximate surface area is 96.8 Å². The molecule has 17 heavy (non-hydrogen) atoms. The first-order valence-electron chi connectivity index (χ1n) is 5.19. The van der Waals surface area contributed by atoms with Gasteiger partial charge in [0.1, 0.15) is 0 Å². The number of hydrogen-bond acceptors (Lipinski definition) is 2. The van der Waals surface area contributed by atoms with Crippen LogP contribution in [0, 0.1) is 17.5 Å². The van der Waals surface area contributed by atoms with Crippen molar-refractivity contribution in [3.8, 4) is 0 Å². The lowest BCUT2D eigenvalue weighted by atomic mass is 10.2. The average molecular weight is 246 g/mol. The Kier molecular flexibility index (Phi) is 4.96. The highest BCUT2D eigenvalue weighted by molar-refractivity contribution is 5.90. The SMILES string of the molecule is NCCCCC(=O)Nc1ccc(F)c(F)c1F. The maximum atomic E-state index is 13.2. The molecule has 0 saturated heterocycles. The largest absolute Gasteiger partial charge is 0.330 e. The van der Waals surface area contributed by atoms with Gasteiger partial charge in [0.05, 0.1) is 5.69 Å². The van der Waals surface area contributed by atoms with E-state index in [4.69, 9.17) is 5.73 Å². The van der Waals surface area contributed by atoms with Gasteiger partial charge in [-0.15, -0.1) is 0 Å². The molecular formula is C11H13F3N2O. The molecule has 0 fully saturated rings. The third-order valence-corrected chi connectivity index (χ3v) is 2.17. The van der Waals surface area contributed by atoms with Gasteiger partial charge in [-0.1, -0.05) is 0 Å². The summed E-state index contributed by atoms with van der Waals surface area (Å²) in [6, 6.07) is 1.74. The van der Waals surface area contributed by atoms with Crippen LogP contribution in [0.15, 0.2) is 12.1 Å². The predicted molar refractivity (Wildman–Crippen MR) is 57.9 cm³/mol. The first-order valence-corrected chi connectivity index (χ1v) is 5.19. The van der Waals surface area contributed by atoms with Crippen molar-refractivity contribution in [3.05, 3.63) is 29.6 Å². The van der Waals surface area contributed by atoms with Crippen molar-refractivity contribution in [2.24, 2.45) is 5.73 Å². The number of benzene rings is 1. The summed E-state index contributed by atoms with van der Waals surface area (Å²) in [4.78, 5) is 11.3. The number of nitrogens with one attached hydrogen (secondary N) is 1. The molecule has 1 aromatic carbocycles. The number of halogens is 3. The summed E-state index contributed by atoms with van der Waals surface area (Å²) in [6.45, 7) is 0.465. The fraction of sp³-hybridized carbons (Fsp3) is 0.364. The van der Waals surface area contributed by atoms with E-state index in [1.165, 1.54) is 0 Å². The van der Waals surface area contributed by atoms with Crippen molar-refractivity contribution in [2.75, 3.05) is 11.9 Å². The van der Waals surface area contributed by atoms with Crippen LogP contribution >= 0.6 is 0 Å². The second-order valence-electron chi connectivity index (χ2n) is 3.52. The van der Waals surface area contributed by atoms with Gasteiger partial charge in [-0.2, -0.15) is 0 Å². The average Bonchev–Trinajstić information content (AvgIpc) is 2.30. The van der Waals surface area contributed by atoms with E-state index >= 15 is 0 Å². The predicted octanol–water partition coefficient (Wildman–Crippen LogP) is 2.17. The Bertz CT molecular complexity index is 410. The van der Waals surface area contributed by atoms with E-state index in [9.17, 15) is 18.0 Å². The Morgan fingerprint density at radius 2 is 1.88 bits per heavy atom. The van der Waals surface area contributed by atoms with Crippen molar-refractivity contribution >= 4 is 11.6 Å². The number of hydrogen-bond donors (Lipinski definition) is 2. The lowest BCUT2D eigenvalue weighted by Crippen LogP contribution is -2.14. The van der Waals surface area contributed by atoms with Gasteiger partial charge in [0.2, 0.25) is 5.91 Å². The van der Waals surface area contributed by atoms with Crippen molar-refractivity contribution in [1.82, 2.24) is 0 Å². The first-order chi connectivity index (χ1) is 8.06. The molecule has 0 atom stereocenters. The molecule has 0 aromatic heterocycles. The molecule has 1 aromatic rings. The molecule has 3 nitrogen and oxygen atoms in total. The normalized spacial score (nSPS) is 10.4. The molecule has 94 valence electrons. The molecule has 3 N–H and O–H groups in total. The van der Waals surface area contributed by atoms with Crippen LogP contribution in [0.2, 0.25) is 0 Å². The number of amides is 1. The molecule has 0 aliphatic carbocycles. The van der Waals surface area contributed by atoms with E-state index in [0.29, 0.717) is 19.4 Å². The van der Waals surface area contributed by atoms with Crippen molar-refractivity contribution in [3.63, 3.8) is 0 Å². The van der Waals surface area contributed by atoms with E-state index in [-0.39, 0.29) is 12.1 Å². The Morgan fingerprint density at radius 1 is 1.18 bits per heavy atom. The number of carbonyl (C=O) groups excluding carboxylic acids is 1. The van der Waals surface area contributed by atoms with Crippen molar-refractivity contribution in [2.45, 2.75) is 19.3 Å². The fourth-order valence-corrected chi connectivity index (χ4v) is 1.27. The van der Waals surface area contributed by atoms with E-state index < -0.39 is 23.4 Å². The Hall–Kier alpha value is -1.56. The smallest absolute Gasteiger partial charge is 0.224 e. The van der Waals surface area contributed by atoms with Crippen LogP contribution in [0.3, 0.4) is 0 Å². The Balaban J connectivity index is 2.63. The minimum Gasteiger partial charge on any atom is -0.330 e. The zero-order valence-corrected chi connectivity index (χ0v) is 9.10. The van der Waals surface area contributed by atoms with Crippen LogP contribution in [0.5, 0.6) is 0 Å². The molecule has 0 bridgehead atoms. The topological polar surface area (TPSA) is 55.1 Å². The van der Waals surface area contributed by atoms with E-state index in [2.05, 4.69) is 5.32 Å². The van der Waals surface area contributed by atoms with Gasteiger partial charge in [-0.05, 0) is 31.5 Å². The fourth-order valence-electron chi connectivity index (χ4n) is 1.27. The van der Waals surface area contributed by atoms with Crippen LogP contribution in [0.25, 0.3) is 0 Å². The zero-order chi connectivity index (χ0) is 12.8. The van der Waals surface area contributed by atoms with Crippen molar-refractivity contribution < 1.29 is 18.0 Å². The maximum absolute atomic E-state index is 13.2. The van der Waals surface area contributed by atoms with Crippen LogP contribution in [-0.4, -0.2) is 12.5 Å². The van der Waals surface area contributed by atoms with Crippen LogP contribution < -0.4 is 11.1 Å². The Morgan fingerprint density at radius 3 is 2.53 bits per heavy atom. The van der Waals surface area contributed by atoms with Crippen LogP contribution in [0.4, 0.5) is 18.9 Å². The molecule has 0 unspecified atom stereocenters. The highest BCUT2D eigenvalue weighted by Gasteiger charge is 2.14. The molecule has 0 aliphatic heterocycles. The van der Waals surface area contributed by atoms with E-state index in [0.717, 1.165) is 12.1 Å². The number of carbonyl (C=O) groups is 1. The third kappa shape index (κ3) is 3.74. The van der Waals surface area contributed by atoms with Crippen molar-refractivity contribution in [1.29, 1.82) is 0 Å². The number of unbranched alkanes of at least 4 members (excludes halogenated alkanes) is 1. The second-order valence-corrected chi connectivity index (χ2v) is 3.52. The molecule has 6 heteroatoms. The molecule has 0 saturated carbocycles. The molecule has 1 amide bonds. The summed E-state index contributed by atoms with van der Waals surface area (Å²) in [7, 11) is 0. The monoisotopic (exact) mass is 246 g/mol. The number of rotatable bonds is 5. The first kappa shape index (κ1) is 13.5. The van der Waals surface area contributed by atoms with E-state index in [1.54, 1.807) is 0 Å². The third-order valence-electron chi connectivity index (χ3n) is 2.17. The van der Waals surface area contributed by atoms with Gasteiger partial charge in [0.25, 0.3) is 0 Å². The summed E-state index contributed by atoms with van der Waals surface area (Å²) < 4.78 is 38.6. The second kappa shape index (κ2) is 6.24. The zero-order valence-electron chi connectivity index (χ0n) is 9.10. The summed E-state index contributed by atoms with van der Waals surface area (Å²) in [6.07, 6.45) is 1.40. The maximum Gasteiger partial charge on any atom is 0.224 e. The summed E-state index contributed by atoms with van der Waals surface area (Å²) >= 11 is 0. The number of nitrogens with two attached hydrogens (primary N) is 1. The highest BCUT2D eigenvalue weighted by Crippen LogP contribution is 2.19. The molecular weight excluding hydrogens is 233 g/mol. The quantitative estimate of drug-likeness (QED) is 0.618. The lowest BCUT2D eigenvalue weighted by molar-refractivity contribution is -0.116. The minimum atomic E-state index is -1.59. The molecule has 0 spiro atoms. The van der Waals surface area contributed by atoms with Gasteiger partial charge in [0.15, 0.2) is 17.5 Å². The molecule has 0 radical (unpaired) electrons. The molecule has 1 rings (SSSR count). The van der Waals surface area contributed by atoms with Crippen LogP contribution in [-0.2, 0) is 4.79 Å².